The number of esters is 1. The Morgan fingerprint density at radius 3 is 2.52 bits per heavy atom. The van der Waals surface area contributed by atoms with Gasteiger partial charge < -0.3 is 19.2 Å². The number of ketones is 1. The van der Waals surface area contributed by atoms with Gasteiger partial charge in [0.05, 0.1) is 24.6 Å². The molecule has 0 spiro atoms. The second-order valence-electron chi connectivity index (χ2n) is 6.14. The smallest absolute Gasteiger partial charge is 0.340 e. The number of ether oxygens (including phenoxy) is 2. The third kappa shape index (κ3) is 4.70. The van der Waals surface area contributed by atoms with Gasteiger partial charge in [0.25, 0.3) is 5.91 Å². The van der Waals surface area contributed by atoms with Crippen LogP contribution in [0.3, 0.4) is 0 Å². The molecular weight excluding hydrogens is 374 g/mol. The van der Waals surface area contributed by atoms with Gasteiger partial charge in [-0.3, -0.25) is 9.59 Å². The monoisotopic (exact) mass is 393 g/mol. The summed E-state index contributed by atoms with van der Waals surface area (Å²) in [6.07, 6.45) is 1.39. The molecule has 0 bridgehead atoms. The van der Waals surface area contributed by atoms with Crippen LogP contribution in [0.5, 0.6) is 5.75 Å². The molecule has 3 rings (SSSR count). The number of para-hydroxylation sites is 1. The maximum absolute atomic E-state index is 12.6. The highest BCUT2D eigenvalue weighted by Gasteiger charge is 2.17. The van der Waals surface area contributed by atoms with Crippen molar-refractivity contribution < 1.29 is 28.3 Å². The lowest BCUT2D eigenvalue weighted by Gasteiger charge is -2.12. The lowest BCUT2D eigenvalue weighted by Crippen LogP contribution is -2.15. The van der Waals surface area contributed by atoms with E-state index in [2.05, 4.69) is 5.32 Å². The number of nitrogens with one attached hydrogen (secondary N) is 1. The van der Waals surface area contributed by atoms with Crippen molar-refractivity contribution in [2.75, 3.05) is 12.4 Å². The van der Waals surface area contributed by atoms with Crippen LogP contribution in [0.1, 0.15) is 43.8 Å². The molecule has 0 aliphatic heterocycles. The number of furan rings is 1. The molecule has 0 fully saturated rings. The molecule has 0 saturated heterocycles. The van der Waals surface area contributed by atoms with Crippen molar-refractivity contribution in [2.24, 2.45) is 0 Å². The van der Waals surface area contributed by atoms with E-state index in [-0.39, 0.29) is 23.7 Å². The summed E-state index contributed by atoms with van der Waals surface area (Å²) in [5, 5.41) is 2.64. The fraction of sp³-hybridized carbons (Fsp3) is 0.136. The number of rotatable bonds is 7. The molecule has 3 aromatic rings. The number of benzene rings is 2. The summed E-state index contributed by atoms with van der Waals surface area (Å²) in [5.74, 6) is -0.589. The van der Waals surface area contributed by atoms with Crippen LogP contribution in [0.4, 0.5) is 5.69 Å². The van der Waals surface area contributed by atoms with E-state index in [1.165, 1.54) is 26.4 Å². The van der Waals surface area contributed by atoms with Gasteiger partial charge in [0.1, 0.15) is 12.4 Å². The van der Waals surface area contributed by atoms with E-state index < -0.39 is 11.9 Å². The van der Waals surface area contributed by atoms with E-state index in [1.54, 1.807) is 48.5 Å². The Morgan fingerprint density at radius 2 is 1.83 bits per heavy atom. The molecule has 1 aromatic heterocycles. The highest BCUT2D eigenvalue weighted by Crippen LogP contribution is 2.23. The number of hydrogen-bond donors (Lipinski definition) is 1. The van der Waals surface area contributed by atoms with Gasteiger partial charge in [0, 0.05) is 11.1 Å². The number of Topliss-reactive ketones (excluding diaryl/α,β-unsaturated/α-hetero) is 1. The molecule has 1 heterocycles. The van der Waals surface area contributed by atoms with Crippen LogP contribution in [-0.2, 0) is 11.3 Å². The minimum Gasteiger partial charge on any atom is -0.496 e. The average molecular weight is 393 g/mol. The van der Waals surface area contributed by atoms with E-state index in [0.717, 1.165) is 0 Å². The van der Waals surface area contributed by atoms with Crippen LogP contribution in [-0.4, -0.2) is 24.8 Å². The van der Waals surface area contributed by atoms with Gasteiger partial charge in [-0.2, -0.15) is 0 Å². The number of methoxy groups -OCH3 is 1. The lowest BCUT2D eigenvalue weighted by molar-refractivity contribution is 0.0471. The largest absolute Gasteiger partial charge is 0.496 e. The predicted molar refractivity (Wildman–Crippen MR) is 105 cm³/mol. The highest BCUT2D eigenvalue weighted by atomic mass is 16.5. The van der Waals surface area contributed by atoms with Gasteiger partial charge in [-0.25, -0.2) is 4.79 Å². The van der Waals surface area contributed by atoms with Crippen molar-refractivity contribution in [3.8, 4) is 5.75 Å². The molecule has 7 nitrogen and oxygen atoms in total. The van der Waals surface area contributed by atoms with E-state index in [0.29, 0.717) is 22.6 Å². The van der Waals surface area contributed by atoms with E-state index >= 15 is 0 Å². The fourth-order valence-electron chi connectivity index (χ4n) is 2.69. The van der Waals surface area contributed by atoms with Gasteiger partial charge >= 0.3 is 5.97 Å². The fourth-order valence-corrected chi connectivity index (χ4v) is 2.69. The summed E-state index contributed by atoms with van der Waals surface area (Å²) in [6, 6.07) is 14.5. The van der Waals surface area contributed by atoms with Crippen LogP contribution < -0.4 is 10.1 Å². The average Bonchev–Trinajstić information content (AvgIpc) is 3.27. The SMILES string of the molecule is COc1ccc(C(C)=O)cc1COC(=O)c1ccccc1NC(=O)c1ccco1. The van der Waals surface area contributed by atoms with E-state index in [4.69, 9.17) is 13.9 Å². The predicted octanol–water partition coefficient (Wildman–Crippen LogP) is 4.10. The zero-order chi connectivity index (χ0) is 20.8. The maximum Gasteiger partial charge on any atom is 0.340 e. The molecule has 148 valence electrons. The molecule has 0 unspecified atom stereocenters. The Kier molecular flexibility index (Phi) is 6.09. The minimum absolute atomic E-state index is 0.0937. The van der Waals surface area contributed by atoms with Crippen molar-refractivity contribution in [3.63, 3.8) is 0 Å². The van der Waals surface area contributed by atoms with Crippen molar-refractivity contribution in [1.29, 1.82) is 0 Å². The van der Waals surface area contributed by atoms with Crippen LogP contribution in [0, 0.1) is 0 Å². The second-order valence-corrected chi connectivity index (χ2v) is 6.14. The Hall–Kier alpha value is -3.87. The topological polar surface area (TPSA) is 94.8 Å². The van der Waals surface area contributed by atoms with Crippen LogP contribution in [0.15, 0.2) is 65.3 Å². The van der Waals surface area contributed by atoms with E-state index in [9.17, 15) is 14.4 Å². The first kappa shape index (κ1) is 19.9. The summed E-state index contributed by atoms with van der Waals surface area (Å²) in [4.78, 5) is 36.4. The van der Waals surface area contributed by atoms with Crippen molar-refractivity contribution in [3.05, 3.63) is 83.3 Å². The van der Waals surface area contributed by atoms with Crippen molar-refractivity contribution in [1.82, 2.24) is 0 Å². The van der Waals surface area contributed by atoms with Gasteiger partial charge in [-0.15, -0.1) is 0 Å². The van der Waals surface area contributed by atoms with Crippen molar-refractivity contribution >= 4 is 23.3 Å². The molecule has 0 saturated carbocycles. The molecule has 1 amide bonds. The highest BCUT2D eigenvalue weighted by molar-refractivity contribution is 6.06. The summed E-state index contributed by atoms with van der Waals surface area (Å²) < 4.78 is 15.7. The second kappa shape index (κ2) is 8.88. The van der Waals surface area contributed by atoms with Gasteiger partial charge in [-0.05, 0) is 49.4 Å². The standard InChI is InChI=1S/C22H19NO6/c1-14(24)15-9-10-19(27-2)16(12-15)13-29-22(26)17-6-3-4-7-18(17)23-21(25)20-8-5-11-28-20/h3-12H,13H2,1-2H3,(H,23,25). The number of amides is 1. The Balaban J connectivity index is 1.76. The number of carbonyl (C=O) groups is 3. The normalized spacial score (nSPS) is 10.3. The molecule has 29 heavy (non-hydrogen) atoms. The minimum atomic E-state index is -0.629. The number of anilines is 1. The lowest BCUT2D eigenvalue weighted by atomic mass is 10.1. The Labute approximate surface area is 167 Å². The van der Waals surface area contributed by atoms with Gasteiger partial charge in [-0.1, -0.05) is 12.1 Å². The number of carbonyl (C=O) groups excluding carboxylic acids is 3. The Bertz CT molecular complexity index is 1040. The first-order valence-electron chi connectivity index (χ1n) is 8.78. The molecule has 0 aliphatic carbocycles. The Morgan fingerprint density at radius 1 is 1.03 bits per heavy atom. The molecule has 0 aliphatic rings. The molecule has 0 atom stereocenters. The zero-order valence-corrected chi connectivity index (χ0v) is 15.9. The summed E-state index contributed by atoms with van der Waals surface area (Å²) in [7, 11) is 1.49. The molecule has 0 radical (unpaired) electrons. The molecule has 1 N–H and O–H groups in total. The summed E-state index contributed by atoms with van der Waals surface area (Å²) in [5.41, 5.74) is 1.53. The first-order chi connectivity index (χ1) is 14.0. The van der Waals surface area contributed by atoms with Crippen LogP contribution in [0.25, 0.3) is 0 Å². The molecular formula is C22H19NO6. The quantitative estimate of drug-likeness (QED) is 0.480. The van der Waals surface area contributed by atoms with Crippen LogP contribution in [0.2, 0.25) is 0 Å². The third-order valence-corrected chi connectivity index (χ3v) is 4.19. The van der Waals surface area contributed by atoms with Crippen LogP contribution >= 0.6 is 0 Å². The molecule has 2 aromatic carbocycles. The van der Waals surface area contributed by atoms with Gasteiger partial charge in [0.15, 0.2) is 11.5 Å². The summed E-state index contributed by atoms with van der Waals surface area (Å²) >= 11 is 0. The first-order valence-corrected chi connectivity index (χ1v) is 8.78. The maximum atomic E-state index is 12.6. The number of hydrogen-bond acceptors (Lipinski definition) is 6. The third-order valence-electron chi connectivity index (χ3n) is 4.19. The van der Waals surface area contributed by atoms with E-state index in [1.807, 2.05) is 0 Å². The van der Waals surface area contributed by atoms with Crippen molar-refractivity contribution in [2.45, 2.75) is 13.5 Å². The zero-order valence-electron chi connectivity index (χ0n) is 15.9. The summed E-state index contributed by atoms with van der Waals surface area (Å²) in [6.45, 7) is 1.36. The molecule has 7 heteroatoms. The van der Waals surface area contributed by atoms with Gasteiger partial charge in [0.2, 0.25) is 0 Å².